The second-order valence-corrected chi connectivity index (χ2v) is 3.56. The van der Waals surface area contributed by atoms with Crippen LogP contribution in [0.1, 0.15) is 0 Å². The maximum atomic E-state index is 12.3. The van der Waals surface area contributed by atoms with E-state index in [1.165, 1.54) is 30.5 Å². The van der Waals surface area contributed by atoms with Crippen molar-refractivity contribution >= 4 is 5.95 Å². The second-order valence-electron chi connectivity index (χ2n) is 3.56. The van der Waals surface area contributed by atoms with Crippen molar-refractivity contribution in [3.05, 3.63) is 36.5 Å². The summed E-state index contributed by atoms with van der Waals surface area (Å²) in [7, 11) is 1.62. The van der Waals surface area contributed by atoms with E-state index in [0.29, 0.717) is 11.6 Å². The zero-order valence-corrected chi connectivity index (χ0v) is 9.90. The molecule has 1 aromatic heterocycles. The zero-order chi connectivity index (χ0) is 13.9. The quantitative estimate of drug-likeness (QED) is 0.930. The number of benzene rings is 1. The van der Waals surface area contributed by atoms with Gasteiger partial charge in [0.2, 0.25) is 5.95 Å². The molecule has 0 saturated heterocycles. The monoisotopic (exact) mass is 269 g/mol. The van der Waals surface area contributed by atoms with Crippen molar-refractivity contribution in [2.75, 3.05) is 12.4 Å². The van der Waals surface area contributed by atoms with Gasteiger partial charge in [0.25, 0.3) is 0 Å². The molecule has 0 unspecified atom stereocenters. The lowest BCUT2D eigenvalue weighted by Crippen LogP contribution is -2.17. The Morgan fingerprint density at radius 1 is 1.16 bits per heavy atom. The molecule has 100 valence electrons. The summed E-state index contributed by atoms with van der Waals surface area (Å²) in [6.07, 6.45) is -3.28. The fourth-order valence-corrected chi connectivity index (χ4v) is 1.52. The number of alkyl halides is 3. The van der Waals surface area contributed by atoms with Crippen molar-refractivity contribution in [1.29, 1.82) is 0 Å². The number of para-hydroxylation sites is 1. The molecule has 0 spiro atoms. The Balaban J connectivity index is 2.44. The first-order chi connectivity index (χ1) is 8.99. The van der Waals surface area contributed by atoms with Crippen LogP contribution in [0, 0.1) is 0 Å². The molecule has 0 atom stereocenters. The van der Waals surface area contributed by atoms with Gasteiger partial charge in [0, 0.05) is 18.8 Å². The van der Waals surface area contributed by atoms with Crippen LogP contribution in [-0.4, -0.2) is 23.4 Å². The Kier molecular flexibility index (Phi) is 3.55. The van der Waals surface area contributed by atoms with Gasteiger partial charge in [-0.25, -0.2) is 9.97 Å². The molecule has 19 heavy (non-hydrogen) atoms. The summed E-state index contributed by atoms with van der Waals surface area (Å²) in [5, 5.41) is 2.72. The van der Waals surface area contributed by atoms with E-state index in [-0.39, 0.29) is 11.3 Å². The molecular formula is C12H10F3N3O. The highest BCUT2D eigenvalue weighted by Gasteiger charge is 2.32. The lowest BCUT2D eigenvalue weighted by molar-refractivity contribution is -0.274. The highest BCUT2D eigenvalue weighted by molar-refractivity contribution is 5.67. The molecule has 1 N–H and O–H groups in total. The van der Waals surface area contributed by atoms with Crippen molar-refractivity contribution in [2.45, 2.75) is 6.36 Å². The van der Waals surface area contributed by atoms with E-state index in [4.69, 9.17) is 0 Å². The van der Waals surface area contributed by atoms with E-state index in [1.54, 1.807) is 13.1 Å². The Labute approximate surface area is 107 Å². The first-order valence-corrected chi connectivity index (χ1v) is 5.35. The zero-order valence-electron chi connectivity index (χ0n) is 9.90. The summed E-state index contributed by atoms with van der Waals surface area (Å²) >= 11 is 0. The van der Waals surface area contributed by atoms with E-state index in [1.807, 2.05) is 0 Å². The number of nitrogens with zero attached hydrogens (tertiary/aromatic N) is 2. The van der Waals surface area contributed by atoms with Crippen LogP contribution in [0.4, 0.5) is 19.1 Å². The summed E-state index contributed by atoms with van der Waals surface area (Å²) in [6, 6.07) is 7.33. The number of ether oxygens (including phenoxy) is 1. The first-order valence-electron chi connectivity index (χ1n) is 5.35. The van der Waals surface area contributed by atoms with Gasteiger partial charge in [-0.15, -0.1) is 13.2 Å². The fourth-order valence-electron chi connectivity index (χ4n) is 1.52. The van der Waals surface area contributed by atoms with Crippen LogP contribution < -0.4 is 10.1 Å². The van der Waals surface area contributed by atoms with Crippen LogP contribution >= 0.6 is 0 Å². The normalized spacial score (nSPS) is 11.2. The molecule has 1 heterocycles. The standard InChI is InChI=1S/C12H10F3N3O/c1-16-11-17-7-6-9(18-11)8-4-2-3-5-10(8)19-12(13,14)15/h2-7H,1H3,(H,16,17,18). The third-order valence-electron chi connectivity index (χ3n) is 2.27. The average Bonchev–Trinajstić information content (AvgIpc) is 2.37. The van der Waals surface area contributed by atoms with Gasteiger partial charge in [0.1, 0.15) is 5.75 Å². The topological polar surface area (TPSA) is 47.0 Å². The number of nitrogens with one attached hydrogen (secondary N) is 1. The summed E-state index contributed by atoms with van der Waals surface area (Å²) in [5.41, 5.74) is 0.595. The summed E-state index contributed by atoms with van der Waals surface area (Å²) in [5.74, 6) is 0.0232. The maximum Gasteiger partial charge on any atom is 0.573 e. The Bertz CT molecular complexity index is 572. The van der Waals surface area contributed by atoms with Crippen LogP contribution in [-0.2, 0) is 0 Å². The number of hydrogen-bond donors (Lipinski definition) is 1. The fraction of sp³-hybridized carbons (Fsp3) is 0.167. The van der Waals surface area contributed by atoms with E-state index >= 15 is 0 Å². The molecule has 0 saturated carbocycles. The van der Waals surface area contributed by atoms with Gasteiger partial charge in [-0.05, 0) is 18.2 Å². The molecule has 0 fully saturated rings. The largest absolute Gasteiger partial charge is 0.573 e. The molecule has 2 rings (SSSR count). The minimum Gasteiger partial charge on any atom is -0.405 e. The van der Waals surface area contributed by atoms with E-state index < -0.39 is 6.36 Å². The minimum absolute atomic E-state index is 0.249. The van der Waals surface area contributed by atoms with E-state index in [0.717, 1.165) is 0 Å². The van der Waals surface area contributed by atoms with Gasteiger partial charge in [0.05, 0.1) is 5.69 Å². The van der Waals surface area contributed by atoms with Crippen molar-refractivity contribution in [1.82, 2.24) is 9.97 Å². The molecule has 0 radical (unpaired) electrons. The number of rotatable bonds is 3. The Morgan fingerprint density at radius 3 is 2.58 bits per heavy atom. The average molecular weight is 269 g/mol. The SMILES string of the molecule is CNc1nccc(-c2ccccc2OC(F)(F)F)n1. The minimum atomic E-state index is -4.74. The molecule has 7 heteroatoms. The van der Waals surface area contributed by atoms with Gasteiger partial charge < -0.3 is 10.1 Å². The van der Waals surface area contributed by atoms with Gasteiger partial charge in [0.15, 0.2) is 0 Å². The lowest BCUT2D eigenvalue weighted by Gasteiger charge is -2.12. The van der Waals surface area contributed by atoms with E-state index in [9.17, 15) is 13.2 Å². The van der Waals surface area contributed by atoms with Crippen molar-refractivity contribution in [3.8, 4) is 17.0 Å². The predicted octanol–water partition coefficient (Wildman–Crippen LogP) is 3.08. The number of halogens is 3. The molecule has 0 aliphatic heterocycles. The van der Waals surface area contributed by atoms with Gasteiger partial charge in [-0.2, -0.15) is 0 Å². The molecule has 0 bridgehead atoms. The molecule has 2 aromatic rings. The van der Waals surface area contributed by atoms with E-state index in [2.05, 4.69) is 20.0 Å². The van der Waals surface area contributed by atoms with Crippen LogP contribution in [0.2, 0.25) is 0 Å². The van der Waals surface area contributed by atoms with Crippen LogP contribution in [0.25, 0.3) is 11.3 Å². The molecule has 4 nitrogen and oxygen atoms in total. The van der Waals surface area contributed by atoms with Gasteiger partial charge in [-0.3, -0.25) is 0 Å². The summed E-state index contributed by atoms with van der Waals surface area (Å²) in [4.78, 5) is 7.98. The number of anilines is 1. The highest BCUT2D eigenvalue weighted by atomic mass is 19.4. The van der Waals surface area contributed by atoms with Crippen LogP contribution in [0.3, 0.4) is 0 Å². The maximum absolute atomic E-state index is 12.3. The van der Waals surface area contributed by atoms with Crippen LogP contribution in [0.5, 0.6) is 5.75 Å². The smallest absolute Gasteiger partial charge is 0.405 e. The Morgan fingerprint density at radius 2 is 1.89 bits per heavy atom. The highest BCUT2D eigenvalue weighted by Crippen LogP contribution is 2.32. The molecule has 0 aliphatic rings. The van der Waals surface area contributed by atoms with Crippen molar-refractivity contribution in [2.24, 2.45) is 0 Å². The van der Waals surface area contributed by atoms with Crippen molar-refractivity contribution in [3.63, 3.8) is 0 Å². The molecule has 0 aliphatic carbocycles. The molecule has 0 amide bonds. The Hall–Kier alpha value is -2.31. The van der Waals surface area contributed by atoms with Gasteiger partial charge in [-0.1, -0.05) is 12.1 Å². The summed E-state index contributed by atoms with van der Waals surface area (Å²) < 4.78 is 40.9. The first kappa shape index (κ1) is 13.1. The number of aromatic nitrogens is 2. The van der Waals surface area contributed by atoms with Gasteiger partial charge >= 0.3 is 6.36 Å². The lowest BCUT2D eigenvalue weighted by atomic mass is 10.1. The van der Waals surface area contributed by atoms with Crippen molar-refractivity contribution < 1.29 is 17.9 Å². The predicted molar refractivity (Wildman–Crippen MR) is 63.7 cm³/mol. The molecular weight excluding hydrogens is 259 g/mol. The number of hydrogen-bond acceptors (Lipinski definition) is 4. The third kappa shape index (κ3) is 3.34. The third-order valence-corrected chi connectivity index (χ3v) is 2.27. The van der Waals surface area contributed by atoms with Crippen LogP contribution in [0.15, 0.2) is 36.5 Å². The molecule has 1 aromatic carbocycles. The summed E-state index contributed by atoms with van der Waals surface area (Å²) in [6.45, 7) is 0. The second kappa shape index (κ2) is 5.13.